The quantitative estimate of drug-likeness (QED) is 0.250. The summed E-state index contributed by atoms with van der Waals surface area (Å²) in [6.45, 7) is 18.0. The Labute approximate surface area is 345 Å². The third kappa shape index (κ3) is 8.63. The van der Waals surface area contributed by atoms with Crippen LogP contribution in [0.3, 0.4) is 0 Å². The molecule has 0 aromatic heterocycles. The smallest absolute Gasteiger partial charge is 0.254 e. The normalized spacial score (nSPS) is 24.0. The fraction of sp³-hybridized carbons (Fsp3) is 0.489. The maximum absolute atomic E-state index is 15.1. The first kappa shape index (κ1) is 41.6. The van der Waals surface area contributed by atoms with Gasteiger partial charge in [-0.25, -0.2) is 4.39 Å². The lowest BCUT2D eigenvalue weighted by Gasteiger charge is -2.63. The number of carbonyl (C=O) groups excluding carboxylic acids is 4. The number of hydrogen-bond acceptors (Lipinski definition) is 10. The molecule has 3 heterocycles. The number of hydrogen-bond donors (Lipinski definition) is 3. The molecular formula is C45H54FN7O6. The molecular weight excluding hydrogens is 754 g/mol. The minimum Gasteiger partial charge on any atom is -0.489 e. The predicted octanol–water partition coefficient (Wildman–Crippen LogP) is 4.49. The van der Waals surface area contributed by atoms with E-state index in [0.29, 0.717) is 43.1 Å². The fourth-order valence-electron chi connectivity index (χ4n) is 9.64. The Hall–Kier alpha value is -5.52. The Balaban J connectivity index is 0.879. The van der Waals surface area contributed by atoms with Gasteiger partial charge in [0.05, 0.1) is 29.9 Å². The molecule has 3 aliphatic heterocycles. The van der Waals surface area contributed by atoms with Gasteiger partial charge in [-0.05, 0) is 86.0 Å². The number of aryl methyl sites for hydroxylation is 2. The van der Waals surface area contributed by atoms with Crippen LogP contribution in [0.5, 0.6) is 5.75 Å². The molecule has 3 aromatic rings. The molecule has 4 amide bonds. The average molecular weight is 808 g/mol. The van der Waals surface area contributed by atoms with E-state index in [0.717, 1.165) is 48.7 Å². The molecule has 59 heavy (non-hydrogen) atoms. The summed E-state index contributed by atoms with van der Waals surface area (Å²) < 4.78 is 27.8. The fourth-order valence-corrected chi connectivity index (χ4v) is 9.64. The number of carbonyl (C=O) groups is 4. The highest BCUT2D eigenvalue weighted by Crippen LogP contribution is 2.55. The van der Waals surface area contributed by atoms with Crippen molar-refractivity contribution in [2.24, 2.45) is 10.8 Å². The molecule has 2 atom stereocenters. The minimum absolute atomic E-state index is 0.00626. The van der Waals surface area contributed by atoms with Crippen molar-refractivity contribution in [3.05, 3.63) is 88.2 Å². The third-order valence-electron chi connectivity index (χ3n) is 12.6. The van der Waals surface area contributed by atoms with Crippen molar-refractivity contribution in [3.63, 3.8) is 0 Å². The van der Waals surface area contributed by atoms with Crippen LogP contribution in [0.15, 0.2) is 54.6 Å². The first-order chi connectivity index (χ1) is 28.0. The molecule has 312 valence electrons. The minimum atomic E-state index is -0.877. The molecule has 3 aromatic carbocycles. The molecule has 4 fully saturated rings. The molecule has 3 saturated heterocycles. The standard InChI is InChI=1S/C45H54FN7O6/c1-27-21-32(22-28(2)35(27)24-47)59-43-44(3,4)42(45(43,5)6)50-39(55)29-7-9-30(10-8-29)53-19-20-58-33(26-53)25-51-15-17-52(18-16-51)31-11-12-34(36(46)23-31)40(56)48-37-13-14-38(54)49-41(37)57/h7-12,21-23,33,37,42-43H,13-20,25-26H2,1-6H3,(H,48,56)(H,50,55)(H,49,54,57)/t33-,37+,42?,43?/m1/s1. The molecule has 14 heteroatoms. The van der Waals surface area contributed by atoms with Crippen LogP contribution in [0.1, 0.15) is 77.9 Å². The number of benzene rings is 3. The molecule has 1 aliphatic carbocycles. The summed E-state index contributed by atoms with van der Waals surface area (Å²) in [6.07, 6.45) is 0.143. The Bertz CT molecular complexity index is 2120. The number of piperazine rings is 1. The second-order valence-corrected chi connectivity index (χ2v) is 17.5. The van der Waals surface area contributed by atoms with E-state index in [2.05, 4.69) is 64.4 Å². The number of rotatable bonds is 10. The monoisotopic (exact) mass is 807 g/mol. The predicted molar refractivity (Wildman–Crippen MR) is 221 cm³/mol. The van der Waals surface area contributed by atoms with Crippen molar-refractivity contribution in [1.29, 1.82) is 5.26 Å². The molecule has 13 nitrogen and oxygen atoms in total. The summed E-state index contributed by atoms with van der Waals surface area (Å²) in [5.41, 5.74) is 3.92. The van der Waals surface area contributed by atoms with Gasteiger partial charge in [0.2, 0.25) is 11.8 Å². The zero-order valence-corrected chi connectivity index (χ0v) is 34.7. The van der Waals surface area contributed by atoms with Gasteiger partial charge < -0.3 is 29.9 Å². The lowest BCUT2D eigenvalue weighted by molar-refractivity contribution is -0.164. The molecule has 0 radical (unpaired) electrons. The topological polar surface area (TPSA) is 156 Å². The second kappa shape index (κ2) is 16.6. The number of halogens is 1. The maximum atomic E-state index is 15.1. The molecule has 0 bridgehead atoms. The van der Waals surface area contributed by atoms with Crippen molar-refractivity contribution in [2.75, 3.05) is 62.2 Å². The Morgan fingerprint density at radius 3 is 2.19 bits per heavy atom. The number of piperidine rings is 1. The van der Waals surface area contributed by atoms with E-state index in [9.17, 15) is 24.4 Å². The summed E-state index contributed by atoms with van der Waals surface area (Å²) in [6, 6.07) is 17.4. The SMILES string of the molecule is Cc1cc(OC2C(C)(C)C(NC(=O)c3ccc(N4CCO[C@H](CN5CCN(c6ccc(C(=O)N[C@H]7CCC(=O)NC7=O)c(F)c6)CC5)C4)cc3)C2(C)C)cc(C)c1C#N. The molecule has 7 rings (SSSR count). The van der Waals surface area contributed by atoms with Crippen LogP contribution in [0.2, 0.25) is 0 Å². The molecule has 0 unspecified atom stereocenters. The Morgan fingerprint density at radius 2 is 1.56 bits per heavy atom. The van der Waals surface area contributed by atoms with Gasteiger partial charge in [0.25, 0.3) is 11.8 Å². The molecule has 4 aliphatic rings. The third-order valence-corrected chi connectivity index (χ3v) is 12.6. The zero-order valence-electron chi connectivity index (χ0n) is 34.7. The highest BCUT2D eigenvalue weighted by molar-refractivity contribution is 6.04. The lowest BCUT2D eigenvalue weighted by Crippen LogP contribution is -2.74. The summed E-state index contributed by atoms with van der Waals surface area (Å²) in [5.74, 6) is -1.73. The number of amides is 4. The van der Waals surface area contributed by atoms with Crippen molar-refractivity contribution in [2.45, 2.75) is 78.7 Å². The van der Waals surface area contributed by atoms with Gasteiger partial charge in [0.15, 0.2) is 0 Å². The summed E-state index contributed by atoms with van der Waals surface area (Å²) in [5, 5.41) is 17.5. The van der Waals surface area contributed by atoms with Gasteiger partial charge >= 0.3 is 0 Å². The van der Waals surface area contributed by atoms with E-state index >= 15 is 4.39 Å². The summed E-state index contributed by atoms with van der Waals surface area (Å²) in [7, 11) is 0. The number of nitrogens with zero attached hydrogens (tertiary/aromatic N) is 4. The van der Waals surface area contributed by atoms with Crippen molar-refractivity contribution >= 4 is 35.0 Å². The van der Waals surface area contributed by atoms with Crippen molar-refractivity contribution < 1.29 is 33.0 Å². The number of nitriles is 1. The van der Waals surface area contributed by atoms with E-state index < -0.39 is 23.7 Å². The summed E-state index contributed by atoms with van der Waals surface area (Å²) in [4.78, 5) is 56.5. The van der Waals surface area contributed by atoms with Gasteiger partial charge in [-0.1, -0.05) is 27.7 Å². The highest BCUT2D eigenvalue weighted by atomic mass is 19.1. The number of imide groups is 1. The van der Waals surface area contributed by atoms with Gasteiger partial charge in [-0.3, -0.25) is 29.4 Å². The van der Waals surface area contributed by atoms with Crippen molar-refractivity contribution in [3.8, 4) is 11.8 Å². The largest absolute Gasteiger partial charge is 0.489 e. The molecule has 3 N–H and O–H groups in total. The van der Waals surface area contributed by atoms with E-state index in [4.69, 9.17) is 9.47 Å². The summed E-state index contributed by atoms with van der Waals surface area (Å²) >= 11 is 0. The van der Waals surface area contributed by atoms with Gasteiger partial charge in [-0.15, -0.1) is 0 Å². The number of nitrogens with one attached hydrogen (secondary N) is 3. The Kier molecular flexibility index (Phi) is 11.7. The number of morpholine rings is 1. The van der Waals surface area contributed by atoms with Crippen molar-refractivity contribution in [1.82, 2.24) is 20.9 Å². The highest BCUT2D eigenvalue weighted by Gasteiger charge is 2.64. The maximum Gasteiger partial charge on any atom is 0.254 e. The first-order valence-corrected chi connectivity index (χ1v) is 20.4. The Morgan fingerprint density at radius 1 is 0.898 bits per heavy atom. The zero-order chi connectivity index (χ0) is 42.2. The van der Waals surface area contributed by atoms with E-state index in [1.807, 2.05) is 50.2 Å². The van der Waals surface area contributed by atoms with Crippen LogP contribution in [0.25, 0.3) is 0 Å². The number of anilines is 2. The van der Waals surface area contributed by atoms with E-state index in [1.54, 1.807) is 6.07 Å². The first-order valence-electron chi connectivity index (χ1n) is 20.4. The average Bonchev–Trinajstić information content (AvgIpc) is 3.20. The van der Waals surface area contributed by atoms with Gasteiger partial charge in [-0.2, -0.15) is 5.26 Å². The number of ether oxygens (including phenoxy) is 2. The van der Waals surface area contributed by atoms with Crippen LogP contribution in [-0.2, 0) is 14.3 Å². The van der Waals surface area contributed by atoms with E-state index in [1.165, 1.54) is 12.1 Å². The van der Waals surface area contributed by atoms with Gasteiger partial charge in [0.1, 0.15) is 23.7 Å². The molecule has 1 saturated carbocycles. The van der Waals surface area contributed by atoms with Crippen LogP contribution < -0.4 is 30.5 Å². The second-order valence-electron chi connectivity index (χ2n) is 17.5. The van der Waals surface area contributed by atoms with E-state index in [-0.39, 0.29) is 59.3 Å². The van der Waals surface area contributed by atoms with Crippen LogP contribution in [0.4, 0.5) is 15.8 Å². The van der Waals surface area contributed by atoms with Crippen LogP contribution >= 0.6 is 0 Å². The van der Waals surface area contributed by atoms with Gasteiger partial charge in [0, 0.05) is 86.0 Å². The van der Waals surface area contributed by atoms with Crippen LogP contribution in [-0.4, -0.2) is 105 Å². The van der Waals surface area contributed by atoms with Crippen LogP contribution in [0, 0.1) is 41.8 Å². The molecule has 0 spiro atoms. The lowest BCUT2D eigenvalue weighted by atomic mass is 9.49.